The highest BCUT2D eigenvalue weighted by Gasteiger charge is 2.57. The van der Waals surface area contributed by atoms with Gasteiger partial charge >= 0.3 is 0 Å². The van der Waals surface area contributed by atoms with Crippen LogP contribution in [0.1, 0.15) is 63.6 Å². The Labute approximate surface area is 147 Å². The number of aryl methyl sites for hydroxylation is 2. The average Bonchev–Trinajstić information content (AvgIpc) is 2.96. The molecule has 1 aromatic carbocycles. The van der Waals surface area contributed by atoms with Gasteiger partial charge in [0.05, 0.1) is 0 Å². The Kier molecular flexibility index (Phi) is 4.88. The van der Waals surface area contributed by atoms with Gasteiger partial charge in [-0.3, -0.25) is 4.79 Å². The van der Waals surface area contributed by atoms with E-state index in [1.807, 2.05) is 0 Å². The highest BCUT2D eigenvalue weighted by atomic mass is 16.1. The minimum absolute atomic E-state index is 0.149. The molecule has 0 bridgehead atoms. The monoisotopic (exact) mass is 327 g/mol. The summed E-state index contributed by atoms with van der Waals surface area (Å²) in [5, 5.41) is 0. The van der Waals surface area contributed by atoms with Crippen molar-refractivity contribution in [2.75, 3.05) is 13.6 Å². The van der Waals surface area contributed by atoms with Crippen LogP contribution in [0, 0.1) is 11.8 Å². The molecule has 1 saturated heterocycles. The molecule has 1 saturated carbocycles. The lowest BCUT2D eigenvalue weighted by molar-refractivity contribution is -0.130. The second-order valence-electron chi connectivity index (χ2n) is 7.97. The molecule has 0 amide bonds. The van der Waals surface area contributed by atoms with Crippen molar-refractivity contribution in [3.8, 4) is 0 Å². The van der Waals surface area contributed by atoms with E-state index in [0.717, 1.165) is 32.2 Å². The summed E-state index contributed by atoms with van der Waals surface area (Å²) in [5.41, 5.74) is 4.63. The minimum Gasteiger partial charge on any atom is -0.302 e. The first kappa shape index (κ1) is 17.7. The van der Waals surface area contributed by atoms with Gasteiger partial charge in [0.25, 0.3) is 0 Å². The van der Waals surface area contributed by atoms with E-state index in [4.69, 9.17) is 0 Å². The maximum absolute atomic E-state index is 12.6. The number of hydrogen-bond donors (Lipinski definition) is 0. The van der Waals surface area contributed by atoms with Crippen LogP contribution in [0.25, 0.3) is 0 Å². The topological polar surface area (TPSA) is 20.3 Å². The van der Waals surface area contributed by atoms with Crippen molar-refractivity contribution in [2.24, 2.45) is 11.8 Å². The molecule has 132 valence electrons. The highest BCUT2D eigenvalue weighted by molar-refractivity contribution is 5.83. The molecule has 1 heterocycles. The Balaban J connectivity index is 2.15. The number of likely N-dealkylation sites (N-methyl/N-ethyl adjacent to an activating group) is 1. The molecule has 0 spiro atoms. The smallest absolute Gasteiger partial charge is 0.137 e. The van der Waals surface area contributed by atoms with E-state index >= 15 is 0 Å². The molecule has 2 heteroatoms. The minimum atomic E-state index is 0.149. The van der Waals surface area contributed by atoms with Gasteiger partial charge in [0.1, 0.15) is 5.78 Å². The van der Waals surface area contributed by atoms with Crippen LogP contribution in [0.15, 0.2) is 18.2 Å². The maximum Gasteiger partial charge on any atom is 0.137 e. The third kappa shape index (κ3) is 2.45. The zero-order chi connectivity index (χ0) is 17.5. The van der Waals surface area contributed by atoms with Gasteiger partial charge in [-0.2, -0.15) is 0 Å². The summed E-state index contributed by atoms with van der Waals surface area (Å²) in [5.74, 6) is 1.10. The Morgan fingerprint density at radius 3 is 2.50 bits per heavy atom. The molecule has 24 heavy (non-hydrogen) atoms. The summed E-state index contributed by atoms with van der Waals surface area (Å²) in [7, 11) is 2.22. The Morgan fingerprint density at radius 1 is 1.17 bits per heavy atom. The van der Waals surface area contributed by atoms with Gasteiger partial charge in [-0.1, -0.05) is 52.3 Å². The van der Waals surface area contributed by atoms with Crippen LogP contribution in [0.5, 0.6) is 0 Å². The van der Waals surface area contributed by atoms with Crippen LogP contribution in [-0.4, -0.2) is 30.3 Å². The van der Waals surface area contributed by atoms with Crippen LogP contribution < -0.4 is 0 Å². The normalized spacial score (nSPS) is 33.7. The molecule has 0 N–H and O–H groups in total. The van der Waals surface area contributed by atoms with Crippen molar-refractivity contribution >= 4 is 5.78 Å². The zero-order valence-electron chi connectivity index (χ0n) is 16.1. The summed E-state index contributed by atoms with van der Waals surface area (Å²) in [6.07, 6.45) is 5.25. The number of ketones is 1. The Hall–Kier alpha value is -1.15. The summed E-state index contributed by atoms with van der Waals surface area (Å²) in [6, 6.07) is 7.58. The number of rotatable bonds is 4. The number of nitrogens with zero attached hydrogens (tertiary/aromatic N) is 1. The summed E-state index contributed by atoms with van der Waals surface area (Å²) in [4.78, 5) is 15.1. The third-order valence-electron chi connectivity index (χ3n) is 7.04. The lowest BCUT2D eigenvalue weighted by Gasteiger charge is -2.50. The Bertz CT molecular complexity index is 622. The second-order valence-corrected chi connectivity index (χ2v) is 7.97. The summed E-state index contributed by atoms with van der Waals surface area (Å²) < 4.78 is 0. The second kappa shape index (κ2) is 6.63. The molecule has 2 aliphatic rings. The van der Waals surface area contributed by atoms with E-state index in [1.165, 1.54) is 23.1 Å². The van der Waals surface area contributed by atoms with Crippen molar-refractivity contribution < 1.29 is 4.79 Å². The first-order valence-electron chi connectivity index (χ1n) is 9.84. The molecule has 3 unspecified atom stereocenters. The third-order valence-corrected chi connectivity index (χ3v) is 7.04. The fourth-order valence-electron chi connectivity index (χ4n) is 5.75. The van der Waals surface area contributed by atoms with E-state index in [0.29, 0.717) is 17.7 Å². The molecule has 2 nitrogen and oxygen atoms in total. The number of likely N-dealkylation sites (tertiary alicyclic amines) is 1. The van der Waals surface area contributed by atoms with Gasteiger partial charge in [-0.15, -0.1) is 0 Å². The molecule has 0 radical (unpaired) electrons. The maximum atomic E-state index is 12.6. The van der Waals surface area contributed by atoms with E-state index in [2.05, 4.69) is 57.8 Å². The number of hydrogen-bond acceptors (Lipinski definition) is 2. The van der Waals surface area contributed by atoms with Gasteiger partial charge in [0.2, 0.25) is 0 Å². The number of Topliss-reactive ketones (excluding diaryl/α,β-unsaturated/α-hetero) is 1. The average molecular weight is 328 g/mol. The van der Waals surface area contributed by atoms with Crippen LogP contribution in [0.3, 0.4) is 0 Å². The molecular formula is C22H33NO. The molecule has 2 fully saturated rings. The fourth-order valence-corrected chi connectivity index (χ4v) is 5.75. The van der Waals surface area contributed by atoms with Crippen LogP contribution in [0.4, 0.5) is 0 Å². The lowest BCUT2D eigenvalue weighted by Crippen LogP contribution is -2.56. The molecule has 0 aromatic heterocycles. The summed E-state index contributed by atoms with van der Waals surface area (Å²) >= 11 is 0. The van der Waals surface area contributed by atoms with Crippen molar-refractivity contribution in [3.05, 3.63) is 34.9 Å². The number of fused-ring (bicyclic) bond motifs is 1. The van der Waals surface area contributed by atoms with Crippen LogP contribution >= 0.6 is 0 Å². The summed E-state index contributed by atoms with van der Waals surface area (Å²) in [6.45, 7) is 10.0. The van der Waals surface area contributed by atoms with Crippen molar-refractivity contribution in [2.45, 2.75) is 71.3 Å². The molecular weight excluding hydrogens is 294 g/mol. The van der Waals surface area contributed by atoms with Crippen molar-refractivity contribution in [3.63, 3.8) is 0 Å². The number of carbonyl (C=O) groups is 1. The molecule has 4 atom stereocenters. The van der Waals surface area contributed by atoms with Gasteiger partial charge in [0, 0.05) is 23.8 Å². The van der Waals surface area contributed by atoms with Crippen LogP contribution in [0.2, 0.25) is 0 Å². The number of carbonyl (C=O) groups excluding carboxylic acids is 1. The van der Waals surface area contributed by atoms with E-state index in [-0.39, 0.29) is 11.3 Å². The van der Waals surface area contributed by atoms with E-state index < -0.39 is 0 Å². The van der Waals surface area contributed by atoms with E-state index in [1.54, 1.807) is 0 Å². The first-order valence-corrected chi connectivity index (χ1v) is 9.84. The molecule has 3 rings (SSSR count). The highest BCUT2D eigenvalue weighted by Crippen LogP contribution is 2.53. The van der Waals surface area contributed by atoms with Gasteiger partial charge in [0.15, 0.2) is 0 Å². The van der Waals surface area contributed by atoms with E-state index in [9.17, 15) is 4.79 Å². The zero-order valence-corrected chi connectivity index (χ0v) is 16.1. The lowest BCUT2D eigenvalue weighted by atomic mass is 9.56. The Morgan fingerprint density at radius 2 is 1.88 bits per heavy atom. The van der Waals surface area contributed by atoms with Gasteiger partial charge < -0.3 is 4.90 Å². The first-order chi connectivity index (χ1) is 11.5. The predicted molar refractivity (Wildman–Crippen MR) is 100 cm³/mol. The standard InChI is InChI=1S/C22H33NO/c1-6-16-9-10-19(13-17(16)7-2)22-11-12-23(5)21(22)15(4)20(24)14-18(22)8-3/h9-10,13,15,18,21H,6-8,11-12,14H2,1-5H3/t15?,18?,21?,22-/m1/s1. The van der Waals surface area contributed by atoms with Crippen LogP contribution in [-0.2, 0) is 23.1 Å². The van der Waals surface area contributed by atoms with Crippen molar-refractivity contribution in [1.82, 2.24) is 4.90 Å². The molecule has 1 aliphatic carbocycles. The largest absolute Gasteiger partial charge is 0.302 e. The number of benzene rings is 1. The van der Waals surface area contributed by atoms with Gasteiger partial charge in [-0.05, 0) is 55.5 Å². The van der Waals surface area contributed by atoms with Gasteiger partial charge in [-0.25, -0.2) is 0 Å². The van der Waals surface area contributed by atoms with Crippen molar-refractivity contribution in [1.29, 1.82) is 0 Å². The SMILES string of the molecule is CCc1ccc([C@]23CCN(C)C2C(C)C(=O)CC3CC)cc1CC. The molecule has 1 aliphatic heterocycles. The fraction of sp³-hybridized carbons (Fsp3) is 0.682. The molecule has 1 aromatic rings. The predicted octanol–water partition coefficient (Wildman–Crippen LogP) is 4.39. The quantitative estimate of drug-likeness (QED) is 0.817.